The van der Waals surface area contributed by atoms with Gasteiger partial charge in [0.1, 0.15) is 0 Å². The highest BCUT2D eigenvalue weighted by molar-refractivity contribution is 5.87. The van der Waals surface area contributed by atoms with Crippen LogP contribution >= 0.6 is 0 Å². The van der Waals surface area contributed by atoms with Crippen LogP contribution in [0, 0.1) is 11.3 Å². The third-order valence-corrected chi connectivity index (χ3v) is 2.21. The van der Waals surface area contributed by atoms with Crippen molar-refractivity contribution in [1.29, 1.82) is 5.26 Å². The Hall–Kier alpha value is -2.15. The van der Waals surface area contributed by atoms with Crippen molar-refractivity contribution in [3.05, 3.63) is 42.2 Å². The third kappa shape index (κ3) is 4.47. The maximum absolute atomic E-state index is 11.8. The summed E-state index contributed by atoms with van der Waals surface area (Å²) in [7, 11) is 0. The molecule has 0 bridgehead atoms. The Balaban J connectivity index is 2.70. The number of rotatable bonds is 5. The molecule has 4 nitrogen and oxygen atoms in total. The molecule has 0 aliphatic carbocycles. The minimum atomic E-state index is -0.0772. The molecule has 0 spiro atoms. The lowest BCUT2D eigenvalue weighted by Gasteiger charge is -2.19. The topological polar surface area (TPSA) is 57.0 Å². The fourth-order valence-electron chi connectivity index (χ4n) is 1.41. The molecule has 1 aromatic rings. The van der Waals surface area contributed by atoms with E-state index in [-0.39, 0.29) is 5.91 Å². The van der Waals surface area contributed by atoms with Gasteiger partial charge >= 0.3 is 0 Å². The number of aromatic nitrogens is 1. The van der Waals surface area contributed by atoms with Crippen LogP contribution < -0.4 is 0 Å². The van der Waals surface area contributed by atoms with Crippen LogP contribution in [0.15, 0.2) is 36.7 Å². The van der Waals surface area contributed by atoms with E-state index in [9.17, 15) is 4.79 Å². The molecular weight excluding hydrogens is 214 g/mol. The van der Waals surface area contributed by atoms with E-state index < -0.39 is 0 Å². The Bertz CT molecular complexity index is 420. The molecule has 0 aliphatic rings. The van der Waals surface area contributed by atoms with Crippen molar-refractivity contribution in [3.8, 4) is 6.07 Å². The lowest BCUT2D eigenvalue weighted by atomic mass is 10.2. The summed E-state index contributed by atoms with van der Waals surface area (Å²) in [6.45, 7) is 2.72. The second kappa shape index (κ2) is 7.18. The van der Waals surface area contributed by atoms with Crippen LogP contribution in [-0.2, 0) is 11.3 Å². The maximum Gasteiger partial charge on any atom is 0.246 e. The van der Waals surface area contributed by atoms with E-state index in [1.165, 1.54) is 6.08 Å². The number of hydrogen-bond donors (Lipinski definition) is 0. The van der Waals surface area contributed by atoms with Gasteiger partial charge in [0.05, 0.1) is 12.5 Å². The van der Waals surface area contributed by atoms with Crippen molar-refractivity contribution in [3.63, 3.8) is 0 Å². The molecule has 88 valence electrons. The molecule has 0 radical (unpaired) electrons. The molecule has 1 amide bonds. The van der Waals surface area contributed by atoms with Gasteiger partial charge in [-0.05, 0) is 24.6 Å². The first kappa shape index (κ1) is 12.9. The largest absolute Gasteiger partial charge is 0.334 e. The van der Waals surface area contributed by atoms with E-state index in [1.807, 2.05) is 18.2 Å². The predicted molar refractivity (Wildman–Crippen MR) is 64.7 cm³/mol. The normalized spacial score (nSPS) is 10.1. The van der Waals surface area contributed by atoms with E-state index in [2.05, 4.69) is 4.98 Å². The van der Waals surface area contributed by atoms with Gasteiger partial charge in [0.15, 0.2) is 0 Å². The van der Waals surface area contributed by atoms with Gasteiger partial charge in [-0.3, -0.25) is 9.78 Å². The van der Waals surface area contributed by atoms with Crippen molar-refractivity contribution < 1.29 is 4.79 Å². The van der Waals surface area contributed by atoms with E-state index in [0.717, 1.165) is 5.56 Å². The van der Waals surface area contributed by atoms with Gasteiger partial charge in [0, 0.05) is 25.5 Å². The summed E-state index contributed by atoms with van der Waals surface area (Å²) in [6, 6.07) is 5.79. The number of hydrogen-bond acceptors (Lipinski definition) is 3. The van der Waals surface area contributed by atoms with Gasteiger partial charge in [-0.15, -0.1) is 0 Å². The third-order valence-electron chi connectivity index (χ3n) is 2.21. The fraction of sp³-hybridized carbons (Fsp3) is 0.308. The Morgan fingerprint density at radius 1 is 1.65 bits per heavy atom. The summed E-state index contributed by atoms with van der Waals surface area (Å²) in [5, 5.41) is 8.57. The van der Waals surface area contributed by atoms with Gasteiger partial charge in [0.25, 0.3) is 0 Å². The van der Waals surface area contributed by atoms with Gasteiger partial charge in [-0.25, -0.2) is 0 Å². The van der Waals surface area contributed by atoms with E-state index in [4.69, 9.17) is 5.26 Å². The number of carbonyl (C=O) groups excluding carboxylic acids is 1. The molecule has 0 aromatic carbocycles. The molecule has 1 rings (SSSR count). The molecule has 0 unspecified atom stereocenters. The summed E-state index contributed by atoms with van der Waals surface area (Å²) in [5.74, 6) is -0.0772. The van der Waals surface area contributed by atoms with Crippen LogP contribution in [0.3, 0.4) is 0 Å². The first-order valence-electron chi connectivity index (χ1n) is 5.45. The number of pyridine rings is 1. The van der Waals surface area contributed by atoms with Crippen molar-refractivity contribution in [1.82, 2.24) is 9.88 Å². The zero-order valence-electron chi connectivity index (χ0n) is 9.84. The van der Waals surface area contributed by atoms with Crippen LogP contribution in [0.5, 0.6) is 0 Å². The highest BCUT2D eigenvalue weighted by Gasteiger charge is 2.10. The quantitative estimate of drug-likeness (QED) is 0.724. The highest BCUT2D eigenvalue weighted by atomic mass is 16.2. The molecule has 4 heteroatoms. The zero-order valence-corrected chi connectivity index (χ0v) is 9.84. The zero-order chi connectivity index (χ0) is 12.5. The van der Waals surface area contributed by atoms with Crippen molar-refractivity contribution in [2.75, 3.05) is 6.54 Å². The molecule has 0 aliphatic heterocycles. The second-order valence-corrected chi connectivity index (χ2v) is 3.53. The Morgan fingerprint density at radius 3 is 3.06 bits per heavy atom. The molecule has 1 heterocycles. The fourth-order valence-corrected chi connectivity index (χ4v) is 1.41. The summed E-state index contributed by atoms with van der Waals surface area (Å²) in [6.07, 6.45) is 6.96. The number of carbonyl (C=O) groups is 1. The van der Waals surface area contributed by atoms with Crippen LogP contribution in [0.2, 0.25) is 0 Å². The number of amides is 1. The Morgan fingerprint density at radius 2 is 2.47 bits per heavy atom. The van der Waals surface area contributed by atoms with Crippen molar-refractivity contribution >= 4 is 5.91 Å². The molecule has 17 heavy (non-hydrogen) atoms. The second-order valence-electron chi connectivity index (χ2n) is 3.53. The predicted octanol–water partition coefficient (Wildman–Crippen LogP) is 1.90. The van der Waals surface area contributed by atoms with Crippen molar-refractivity contribution in [2.24, 2.45) is 0 Å². The van der Waals surface area contributed by atoms with Gasteiger partial charge in [0.2, 0.25) is 5.91 Å². The monoisotopic (exact) mass is 229 g/mol. The standard InChI is InChI=1S/C13H15N3O/c1-2-5-13(17)16(9-4-7-14)11-12-6-3-8-15-10-12/h2-3,5-6,8,10H,4,9,11H2,1H3. The van der Waals surface area contributed by atoms with Crippen LogP contribution in [0.4, 0.5) is 0 Å². The van der Waals surface area contributed by atoms with E-state index in [0.29, 0.717) is 19.5 Å². The summed E-state index contributed by atoms with van der Waals surface area (Å²) in [5.41, 5.74) is 0.961. The smallest absolute Gasteiger partial charge is 0.246 e. The van der Waals surface area contributed by atoms with Gasteiger partial charge < -0.3 is 4.90 Å². The summed E-state index contributed by atoms with van der Waals surface area (Å²) in [4.78, 5) is 17.4. The first-order valence-corrected chi connectivity index (χ1v) is 5.45. The Labute approximate surface area is 101 Å². The van der Waals surface area contributed by atoms with Crippen LogP contribution in [-0.4, -0.2) is 22.3 Å². The number of nitrogens with zero attached hydrogens (tertiary/aromatic N) is 3. The average Bonchev–Trinajstić information content (AvgIpc) is 2.36. The minimum Gasteiger partial charge on any atom is -0.334 e. The van der Waals surface area contributed by atoms with Crippen LogP contribution in [0.25, 0.3) is 0 Å². The lowest BCUT2D eigenvalue weighted by Crippen LogP contribution is -2.29. The van der Waals surface area contributed by atoms with Gasteiger partial charge in [-0.1, -0.05) is 12.1 Å². The summed E-state index contributed by atoms with van der Waals surface area (Å²) < 4.78 is 0. The van der Waals surface area contributed by atoms with E-state index >= 15 is 0 Å². The lowest BCUT2D eigenvalue weighted by molar-refractivity contribution is -0.126. The average molecular weight is 229 g/mol. The SMILES string of the molecule is CC=CC(=O)N(CCC#N)Cc1cccnc1. The molecule has 1 aromatic heterocycles. The molecular formula is C13H15N3O. The molecule has 0 saturated carbocycles. The van der Waals surface area contributed by atoms with Crippen molar-refractivity contribution in [2.45, 2.75) is 19.9 Å². The highest BCUT2D eigenvalue weighted by Crippen LogP contribution is 2.04. The maximum atomic E-state index is 11.8. The van der Waals surface area contributed by atoms with Gasteiger partial charge in [-0.2, -0.15) is 5.26 Å². The van der Waals surface area contributed by atoms with E-state index in [1.54, 1.807) is 30.3 Å². The molecule has 0 saturated heterocycles. The summed E-state index contributed by atoms with van der Waals surface area (Å²) >= 11 is 0. The Kier molecular flexibility index (Phi) is 5.45. The molecule has 0 atom stereocenters. The van der Waals surface area contributed by atoms with Crippen LogP contribution in [0.1, 0.15) is 18.9 Å². The molecule has 0 N–H and O–H groups in total. The number of allylic oxidation sites excluding steroid dienone is 1. The minimum absolute atomic E-state index is 0.0772. The first-order chi connectivity index (χ1) is 8.27. The molecule has 0 fully saturated rings. The number of nitriles is 1.